The van der Waals surface area contributed by atoms with Crippen LogP contribution in [0.1, 0.15) is 60.9 Å². The highest BCUT2D eigenvalue weighted by Crippen LogP contribution is 2.28. The molecule has 3 heterocycles. The summed E-state index contributed by atoms with van der Waals surface area (Å²) in [4.78, 5) is 8.68. The van der Waals surface area contributed by atoms with Crippen LogP contribution in [0.25, 0.3) is 0 Å². The highest BCUT2D eigenvalue weighted by Gasteiger charge is 2.25. The third-order valence-corrected chi connectivity index (χ3v) is 3.71. The van der Waals surface area contributed by atoms with Crippen molar-refractivity contribution in [3.05, 3.63) is 35.2 Å². The molecule has 122 valence electrons. The zero-order valence-corrected chi connectivity index (χ0v) is 13.5. The van der Waals surface area contributed by atoms with Gasteiger partial charge in [0.05, 0.1) is 0 Å². The van der Waals surface area contributed by atoms with Gasteiger partial charge in [-0.2, -0.15) is 9.97 Å². The number of nitrogens with zero attached hydrogens (tertiary/aromatic N) is 6. The standard InChI is InChI=1S/C14H18N6O3/c1-7(13-15-9(3)22-19-13)8(2)14-16-11(23-20-14)5-6-12-18-17-10(4)21-12/h7-8H,5-6H2,1-4H3/t7-,8+/m1/s1. The molecule has 0 saturated carbocycles. The average Bonchev–Trinajstić information content (AvgIpc) is 3.25. The number of aryl methyl sites for hydroxylation is 4. The lowest BCUT2D eigenvalue weighted by atomic mass is 9.95. The van der Waals surface area contributed by atoms with Crippen molar-refractivity contribution < 1.29 is 13.5 Å². The molecule has 0 unspecified atom stereocenters. The molecule has 0 aromatic carbocycles. The van der Waals surface area contributed by atoms with Gasteiger partial charge >= 0.3 is 0 Å². The predicted octanol–water partition coefficient (Wildman–Crippen LogP) is 2.14. The highest BCUT2D eigenvalue weighted by molar-refractivity contribution is 5.06. The van der Waals surface area contributed by atoms with Gasteiger partial charge in [0, 0.05) is 38.5 Å². The molecule has 3 aromatic heterocycles. The van der Waals surface area contributed by atoms with Crippen LogP contribution in [0.4, 0.5) is 0 Å². The summed E-state index contributed by atoms with van der Waals surface area (Å²) in [6.07, 6.45) is 1.12. The number of hydrogen-bond donors (Lipinski definition) is 0. The van der Waals surface area contributed by atoms with Crippen molar-refractivity contribution in [2.45, 2.75) is 52.4 Å². The third kappa shape index (κ3) is 3.43. The first kappa shape index (κ1) is 15.3. The maximum atomic E-state index is 5.32. The van der Waals surface area contributed by atoms with Gasteiger partial charge in [0.1, 0.15) is 0 Å². The molecule has 0 aliphatic rings. The van der Waals surface area contributed by atoms with Gasteiger partial charge in [0.2, 0.25) is 23.6 Å². The minimum Gasteiger partial charge on any atom is -0.426 e. The van der Waals surface area contributed by atoms with E-state index in [0.29, 0.717) is 48.1 Å². The van der Waals surface area contributed by atoms with Crippen LogP contribution in [-0.4, -0.2) is 30.5 Å². The average molecular weight is 318 g/mol. The van der Waals surface area contributed by atoms with E-state index in [-0.39, 0.29) is 11.8 Å². The Bertz CT molecular complexity index is 777. The topological polar surface area (TPSA) is 117 Å². The van der Waals surface area contributed by atoms with Crippen LogP contribution in [0, 0.1) is 13.8 Å². The number of hydrogen-bond acceptors (Lipinski definition) is 9. The lowest BCUT2D eigenvalue weighted by Gasteiger charge is -2.11. The summed E-state index contributed by atoms with van der Waals surface area (Å²) in [6.45, 7) is 7.53. The van der Waals surface area contributed by atoms with Gasteiger partial charge in [-0.3, -0.25) is 0 Å². The zero-order chi connectivity index (χ0) is 16.4. The molecular weight excluding hydrogens is 300 g/mol. The summed E-state index contributed by atoms with van der Waals surface area (Å²) in [5.74, 6) is 3.49. The van der Waals surface area contributed by atoms with Crippen molar-refractivity contribution in [2.24, 2.45) is 0 Å². The van der Waals surface area contributed by atoms with Crippen LogP contribution in [0.2, 0.25) is 0 Å². The van der Waals surface area contributed by atoms with E-state index in [9.17, 15) is 0 Å². The highest BCUT2D eigenvalue weighted by atomic mass is 16.5. The number of aromatic nitrogens is 6. The fraction of sp³-hybridized carbons (Fsp3) is 0.571. The van der Waals surface area contributed by atoms with E-state index >= 15 is 0 Å². The molecule has 0 aliphatic heterocycles. The van der Waals surface area contributed by atoms with Crippen molar-refractivity contribution >= 4 is 0 Å². The van der Waals surface area contributed by atoms with Crippen LogP contribution >= 0.6 is 0 Å². The first-order valence-corrected chi connectivity index (χ1v) is 7.44. The van der Waals surface area contributed by atoms with E-state index in [1.807, 2.05) is 13.8 Å². The fourth-order valence-corrected chi connectivity index (χ4v) is 2.15. The van der Waals surface area contributed by atoms with Crippen LogP contribution in [0.3, 0.4) is 0 Å². The molecule has 9 nitrogen and oxygen atoms in total. The summed E-state index contributed by atoms with van der Waals surface area (Å²) in [5, 5.41) is 15.7. The van der Waals surface area contributed by atoms with E-state index in [0.717, 1.165) is 0 Å². The summed E-state index contributed by atoms with van der Waals surface area (Å²) in [7, 11) is 0. The Kier molecular flexibility index (Phi) is 4.18. The van der Waals surface area contributed by atoms with E-state index in [2.05, 4.69) is 30.5 Å². The fourth-order valence-electron chi connectivity index (χ4n) is 2.15. The summed E-state index contributed by atoms with van der Waals surface area (Å²) >= 11 is 0. The van der Waals surface area contributed by atoms with E-state index in [4.69, 9.17) is 13.5 Å². The van der Waals surface area contributed by atoms with E-state index in [1.54, 1.807) is 13.8 Å². The summed E-state index contributed by atoms with van der Waals surface area (Å²) in [5.41, 5.74) is 0. The molecule has 0 fully saturated rings. The third-order valence-electron chi connectivity index (χ3n) is 3.71. The first-order valence-electron chi connectivity index (χ1n) is 7.44. The molecule has 0 N–H and O–H groups in total. The maximum Gasteiger partial charge on any atom is 0.227 e. The van der Waals surface area contributed by atoms with Gasteiger partial charge in [-0.15, -0.1) is 10.2 Å². The molecule has 23 heavy (non-hydrogen) atoms. The first-order chi connectivity index (χ1) is 11.0. The van der Waals surface area contributed by atoms with Gasteiger partial charge in [0.15, 0.2) is 11.6 Å². The summed E-state index contributed by atoms with van der Waals surface area (Å²) < 4.78 is 15.6. The molecule has 0 bridgehead atoms. The second-order valence-corrected chi connectivity index (χ2v) is 5.51. The van der Waals surface area contributed by atoms with Gasteiger partial charge in [-0.05, 0) is 0 Å². The van der Waals surface area contributed by atoms with E-state index in [1.165, 1.54) is 0 Å². The Labute approximate surface area is 132 Å². The molecule has 3 aromatic rings. The Morgan fingerprint density at radius 1 is 0.783 bits per heavy atom. The molecule has 0 spiro atoms. The molecular formula is C14H18N6O3. The Balaban J connectivity index is 1.63. The second kappa shape index (κ2) is 6.27. The quantitative estimate of drug-likeness (QED) is 0.673. The molecule has 0 amide bonds. The van der Waals surface area contributed by atoms with Gasteiger partial charge in [-0.25, -0.2) is 0 Å². The van der Waals surface area contributed by atoms with Gasteiger partial charge < -0.3 is 13.5 Å². The van der Waals surface area contributed by atoms with Crippen molar-refractivity contribution in [1.82, 2.24) is 30.5 Å². The molecule has 9 heteroatoms. The van der Waals surface area contributed by atoms with Crippen molar-refractivity contribution in [2.75, 3.05) is 0 Å². The maximum absolute atomic E-state index is 5.32. The van der Waals surface area contributed by atoms with E-state index < -0.39 is 0 Å². The van der Waals surface area contributed by atoms with Gasteiger partial charge in [0.25, 0.3) is 0 Å². The SMILES string of the molecule is Cc1nc([C@H](C)[C@H](C)c2noc(CCc3nnc(C)o3)n2)no1. The molecule has 0 aliphatic carbocycles. The lowest BCUT2D eigenvalue weighted by Crippen LogP contribution is -2.08. The van der Waals surface area contributed by atoms with Crippen LogP contribution in [0.5, 0.6) is 0 Å². The molecule has 3 rings (SSSR count). The second-order valence-electron chi connectivity index (χ2n) is 5.51. The van der Waals surface area contributed by atoms with Crippen LogP contribution in [0.15, 0.2) is 13.5 Å². The Morgan fingerprint density at radius 2 is 1.43 bits per heavy atom. The largest absolute Gasteiger partial charge is 0.426 e. The van der Waals surface area contributed by atoms with Crippen LogP contribution in [-0.2, 0) is 12.8 Å². The van der Waals surface area contributed by atoms with Crippen molar-refractivity contribution in [3.8, 4) is 0 Å². The smallest absolute Gasteiger partial charge is 0.227 e. The van der Waals surface area contributed by atoms with Crippen LogP contribution < -0.4 is 0 Å². The summed E-state index contributed by atoms with van der Waals surface area (Å²) in [6, 6.07) is 0. The number of rotatable bonds is 6. The Morgan fingerprint density at radius 3 is 2.04 bits per heavy atom. The van der Waals surface area contributed by atoms with Crippen molar-refractivity contribution in [3.63, 3.8) is 0 Å². The molecule has 2 atom stereocenters. The minimum atomic E-state index is 0.00940. The minimum absolute atomic E-state index is 0.00940. The monoisotopic (exact) mass is 318 g/mol. The zero-order valence-electron chi connectivity index (χ0n) is 13.5. The molecule has 0 saturated heterocycles. The Hall–Kier alpha value is -2.58. The molecule has 0 radical (unpaired) electrons. The lowest BCUT2D eigenvalue weighted by molar-refractivity contribution is 0.359. The normalized spacial score (nSPS) is 14.1. The predicted molar refractivity (Wildman–Crippen MR) is 76.6 cm³/mol. The van der Waals surface area contributed by atoms with Crippen molar-refractivity contribution in [1.29, 1.82) is 0 Å². The van der Waals surface area contributed by atoms with Gasteiger partial charge in [-0.1, -0.05) is 24.2 Å².